The van der Waals surface area contributed by atoms with E-state index in [9.17, 15) is 9.59 Å². The molecular formula is C25H29N3O3. The summed E-state index contributed by atoms with van der Waals surface area (Å²) in [5.74, 6) is 0.278. The van der Waals surface area contributed by atoms with Crippen molar-refractivity contribution in [2.24, 2.45) is 0 Å². The zero-order chi connectivity index (χ0) is 21.6. The van der Waals surface area contributed by atoms with Crippen LogP contribution in [0.1, 0.15) is 24.5 Å². The van der Waals surface area contributed by atoms with Gasteiger partial charge in [0.25, 0.3) is 11.5 Å². The summed E-state index contributed by atoms with van der Waals surface area (Å²) in [6.45, 7) is 6.02. The largest absolute Gasteiger partial charge is 0.483 e. The molecule has 1 aliphatic rings. The average Bonchev–Trinajstić information content (AvgIpc) is 2.80. The summed E-state index contributed by atoms with van der Waals surface area (Å²) in [5.41, 5.74) is 3.54. The Kier molecular flexibility index (Phi) is 6.67. The van der Waals surface area contributed by atoms with Crippen LogP contribution in [0.15, 0.2) is 59.4 Å². The number of rotatable bonds is 8. The van der Waals surface area contributed by atoms with Crippen LogP contribution in [0.25, 0.3) is 10.9 Å². The number of carbonyl (C=O) groups is 1. The van der Waals surface area contributed by atoms with E-state index in [2.05, 4.69) is 34.5 Å². The Morgan fingerprint density at radius 2 is 1.87 bits per heavy atom. The maximum Gasteiger partial charge on any atom is 0.257 e. The normalized spacial score (nSPS) is 13.7. The minimum atomic E-state index is -0.173. The van der Waals surface area contributed by atoms with Gasteiger partial charge in [-0.15, -0.1) is 0 Å². The number of hydrogen-bond acceptors (Lipinski definition) is 4. The van der Waals surface area contributed by atoms with Crippen molar-refractivity contribution in [1.29, 1.82) is 0 Å². The molecule has 6 nitrogen and oxygen atoms in total. The van der Waals surface area contributed by atoms with Gasteiger partial charge in [0, 0.05) is 44.2 Å². The van der Waals surface area contributed by atoms with Crippen LogP contribution in [0.4, 0.5) is 0 Å². The van der Waals surface area contributed by atoms with Gasteiger partial charge >= 0.3 is 0 Å². The summed E-state index contributed by atoms with van der Waals surface area (Å²) in [4.78, 5) is 27.0. The van der Waals surface area contributed by atoms with Gasteiger partial charge in [0.05, 0.1) is 5.52 Å². The molecule has 1 aromatic heterocycles. The number of pyridine rings is 1. The first-order valence-corrected chi connectivity index (χ1v) is 11.0. The van der Waals surface area contributed by atoms with Crippen molar-refractivity contribution in [3.63, 3.8) is 0 Å². The smallest absolute Gasteiger partial charge is 0.257 e. The first-order valence-electron chi connectivity index (χ1n) is 11.0. The Labute approximate surface area is 182 Å². The van der Waals surface area contributed by atoms with Crippen molar-refractivity contribution in [1.82, 2.24) is 14.8 Å². The fourth-order valence-corrected chi connectivity index (χ4v) is 4.22. The van der Waals surface area contributed by atoms with Gasteiger partial charge in [-0.2, -0.15) is 0 Å². The third-order valence-corrected chi connectivity index (χ3v) is 5.84. The molecule has 1 amide bonds. The fourth-order valence-electron chi connectivity index (χ4n) is 4.22. The number of nitrogens with one attached hydrogen (secondary N) is 1. The van der Waals surface area contributed by atoms with Crippen molar-refractivity contribution in [3.05, 3.63) is 76.1 Å². The second-order valence-corrected chi connectivity index (χ2v) is 7.90. The van der Waals surface area contributed by atoms with Crippen LogP contribution >= 0.6 is 0 Å². The fraction of sp³-hybridized carbons (Fsp3) is 0.360. The van der Waals surface area contributed by atoms with E-state index in [-0.39, 0.29) is 18.1 Å². The van der Waals surface area contributed by atoms with E-state index < -0.39 is 0 Å². The van der Waals surface area contributed by atoms with Gasteiger partial charge in [-0.1, -0.05) is 36.4 Å². The van der Waals surface area contributed by atoms with Gasteiger partial charge in [0.15, 0.2) is 6.61 Å². The minimum Gasteiger partial charge on any atom is -0.483 e. The molecule has 0 bridgehead atoms. The molecule has 31 heavy (non-hydrogen) atoms. The van der Waals surface area contributed by atoms with Gasteiger partial charge in [-0.25, -0.2) is 0 Å². The number of ether oxygens (including phenoxy) is 1. The lowest BCUT2D eigenvalue weighted by Gasteiger charge is -2.28. The molecule has 4 rings (SSSR count). The topological polar surface area (TPSA) is 63.6 Å². The second-order valence-electron chi connectivity index (χ2n) is 7.90. The maximum absolute atomic E-state index is 12.3. The third-order valence-electron chi connectivity index (χ3n) is 5.84. The van der Waals surface area contributed by atoms with Gasteiger partial charge in [0.2, 0.25) is 0 Å². The number of carbonyl (C=O) groups excluding carboxylic acids is 1. The lowest BCUT2D eigenvalue weighted by molar-refractivity contribution is -0.123. The van der Waals surface area contributed by atoms with E-state index >= 15 is 0 Å². The zero-order valence-corrected chi connectivity index (χ0v) is 18.0. The first kappa shape index (κ1) is 21.1. The molecule has 6 heteroatoms. The number of benzene rings is 2. The SMILES string of the molecule is CCn1c(=O)cc(OCC(=O)NCCCN2CCc3ccccc3C2)c2ccccc21. The lowest BCUT2D eigenvalue weighted by atomic mass is 10.00. The zero-order valence-electron chi connectivity index (χ0n) is 18.0. The van der Waals surface area contributed by atoms with Crippen molar-refractivity contribution in [2.75, 3.05) is 26.2 Å². The van der Waals surface area contributed by atoms with Crippen LogP contribution in [-0.4, -0.2) is 41.6 Å². The van der Waals surface area contributed by atoms with Crippen LogP contribution in [0.3, 0.4) is 0 Å². The highest BCUT2D eigenvalue weighted by Crippen LogP contribution is 2.23. The second kappa shape index (κ2) is 9.79. The maximum atomic E-state index is 12.3. The molecule has 2 aromatic carbocycles. The number of para-hydroxylation sites is 1. The Morgan fingerprint density at radius 1 is 1.10 bits per heavy atom. The number of aryl methyl sites for hydroxylation is 1. The number of hydrogen-bond donors (Lipinski definition) is 1. The van der Waals surface area contributed by atoms with Crippen molar-refractivity contribution >= 4 is 16.8 Å². The Balaban J connectivity index is 1.25. The summed E-state index contributed by atoms with van der Waals surface area (Å²) in [6.07, 6.45) is 1.98. The predicted octanol–water partition coefficient (Wildman–Crippen LogP) is 2.96. The first-order chi connectivity index (χ1) is 15.2. The van der Waals surface area contributed by atoms with Gasteiger partial charge in [-0.05, 0) is 43.0 Å². The van der Waals surface area contributed by atoms with Gasteiger partial charge in [-0.3, -0.25) is 14.5 Å². The lowest BCUT2D eigenvalue weighted by Crippen LogP contribution is -2.35. The average molecular weight is 420 g/mol. The van der Waals surface area contributed by atoms with E-state index in [1.165, 1.54) is 17.2 Å². The molecule has 0 saturated heterocycles. The Hall–Kier alpha value is -3.12. The summed E-state index contributed by atoms with van der Waals surface area (Å²) in [7, 11) is 0. The number of fused-ring (bicyclic) bond motifs is 2. The standard InChI is InChI=1S/C25H29N3O3/c1-2-28-22-11-6-5-10-21(22)23(16-25(28)30)31-18-24(29)26-13-7-14-27-15-12-19-8-3-4-9-20(19)17-27/h3-6,8-11,16H,2,7,12-15,17-18H2,1H3,(H,26,29). The Morgan fingerprint density at radius 3 is 2.71 bits per heavy atom. The van der Waals surface area contributed by atoms with Crippen molar-refractivity contribution in [2.45, 2.75) is 32.9 Å². The highest BCUT2D eigenvalue weighted by atomic mass is 16.5. The molecule has 1 N–H and O–H groups in total. The molecule has 0 radical (unpaired) electrons. The van der Waals surface area contributed by atoms with Crippen LogP contribution in [0, 0.1) is 0 Å². The summed E-state index contributed by atoms with van der Waals surface area (Å²) < 4.78 is 7.41. The van der Waals surface area contributed by atoms with Crippen LogP contribution < -0.4 is 15.6 Å². The molecule has 1 aliphatic heterocycles. The van der Waals surface area contributed by atoms with Gasteiger partial charge in [0.1, 0.15) is 5.75 Å². The monoisotopic (exact) mass is 419 g/mol. The number of amides is 1. The minimum absolute atomic E-state index is 0.101. The molecule has 0 atom stereocenters. The molecule has 0 saturated carbocycles. The molecular weight excluding hydrogens is 390 g/mol. The summed E-state index contributed by atoms with van der Waals surface area (Å²) >= 11 is 0. The predicted molar refractivity (Wildman–Crippen MR) is 122 cm³/mol. The summed E-state index contributed by atoms with van der Waals surface area (Å²) in [6, 6.07) is 17.7. The molecule has 0 aliphatic carbocycles. The highest BCUT2D eigenvalue weighted by molar-refractivity contribution is 5.86. The molecule has 2 heterocycles. The van der Waals surface area contributed by atoms with E-state index in [4.69, 9.17) is 4.74 Å². The van der Waals surface area contributed by atoms with Crippen LogP contribution in [0.5, 0.6) is 5.75 Å². The molecule has 0 unspecified atom stereocenters. The number of aromatic nitrogens is 1. The molecule has 162 valence electrons. The highest BCUT2D eigenvalue weighted by Gasteiger charge is 2.15. The summed E-state index contributed by atoms with van der Waals surface area (Å²) in [5, 5.41) is 3.76. The van der Waals surface area contributed by atoms with E-state index in [1.54, 1.807) is 4.57 Å². The van der Waals surface area contributed by atoms with E-state index in [1.807, 2.05) is 31.2 Å². The van der Waals surface area contributed by atoms with E-state index in [0.29, 0.717) is 18.8 Å². The molecule has 0 fully saturated rings. The third kappa shape index (κ3) is 4.97. The van der Waals surface area contributed by atoms with Crippen LogP contribution in [-0.2, 0) is 24.3 Å². The van der Waals surface area contributed by atoms with Crippen LogP contribution in [0.2, 0.25) is 0 Å². The Bertz CT molecular complexity index is 1120. The number of nitrogens with zero attached hydrogens (tertiary/aromatic N) is 2. The molecule has 0 spiro atoms. The van der Waals surface area contributed by atoms with E-state index in [0.717, 1.165) is 43.4 Å². The quantitative estimate of drug-likeness (QED) is 0.570. The van der Waals surface area contributed by atoms with Crippen molar-refractivity contribution < 1.29 is 9.53 Å². The van der Waals surface area contributed by atoms with Gasteiger partial charge < -0.3 is 14.6 Å². The molecule has 3 aromatic rings. The van der Waals surface area contributed by atoms with Crippen molar-refractivity contribution in [3.8, 4) is 5.75 Å².